The number of amides is 4. The third-order valence-electron chi connectivity index (χ3n) is 5.40. The topological polar surface area (TPSA) is 102 Å². The molecule has 30 heavy (non-hydrogen) atoms. The molecule has 9 nitrogen and oxygen atoms in total. The van der Waals surface area contributed by atoms with Gasteiger partial charge in [0.1, 0.15) is 6.04 Å². The summed E-state index contributed by atoms with van der Waals surface area (Å²) in [6, 6.07) is 4.33. The summed E-state index contributed by atoms with van der Waals surface area (Å²) in [4.78, 5) is 53.7. The first kappa shape index (κ1) is 22.0. The number of rotatable bonds is 6. The molecule has 10 heteroatoms. The Morgan fingerprint density at radius 1 is 1.23 bits per heavy atom. The Bertz CT molecular complexity index is 825. The van der Waals surface area contributed by atoms with Crippen LogP contribution < -0.4 is 10.6 Å². The van der Waals surface area contributed by atoms with Gasteiger partial charge < -0.3 is 20.4 Å². The van der Waals surface area contributed by atoms with Crippen LogP contribution in [-0.4, -0.2) is 90.7 Å². The molecule has 1 aromatic carbocycles. The molecule has 2 saturated heterocycles. The molecule has 2 heterocycles. The van der Waals surface area contributed by atoms with Crippen LogP contribution in [-0.2, 0) is 19.2 Å². The summed E-state index contributed by atoms with van der Waals surface area (Å²) in [5.41, 5.74) is 1.44. The van der Waals surface area contributed by atoms with Gasteiger partial charge in [0, 0.05) is 50.0 Å². The third-order valence-corrected chi connectivity index (χ3v) is 5.81. The molecule has 2 fully saturated rings. The number of aryl methyl sites for hydroxylation is 1. The maximum Gasteiger partial charge on any atom is 0.243 e. The quantitative estimate of drug-likeness (QED) is 0.616. The molecule has 0 aromatic heterocycles. The number of nitrogens with zero attached hydrogens (tertiary/aromatic N) is 3. The van der Waals surface area contributed by atoms with Crippen LogP contribution in [0.25, 0.3) is 0 Å². The van der Waals surface area contributed by atoms with Crippen LogP contribution in [0, 0.1) is 6.92 Å². The summed E-state index contributed by atoms with van der Waals surface area (Å²) in [5, 5.41) is 6.00. The molecule has 4 amide bonds. The van der Waals surface area contributed by atoms with Gasteiger partial charge in [-0.05, 0) is 24.6 Å². The van der Waals surface area contributed by atoms with E-state index in [0.717, 1.165) is 12.0 Å². The van der Waals surface area contributed by atoms with E-state index in [2.05, 4.69) is 10.6 Å². The van der Waals surface area contributed by atoms with E-state index in [4.69, 9.17) is 11.6 Å². The Balaban J connectivity index is 1.60. The van der Waals surface area contributed by atoms with Gasteiger partial charge in [-0.1, -0.05) is 17.7 Å². The van der Waals surface area contributed by atoms with Crippen molar-refractivity contribution in [2.24, 2.45) is 0 Å². The summed E-state index contributed by atoms with van der Waals surface area (Å²) < 4.78 is 0. The lowest BCUT2D eigenvalue weighted by molar-refractivity contribution is -0.145. The van der Waals surface area contributed by atoms with Crippen LogP contribution in [0.3, 0.4) is 0 Å². The summed E-state index contributed by atoms with van der Waals surface area (Å²) in [7, 11) is 0. The highest BCUT2D eigenvalue weighted by Gasteiger charge is 2.35. The first-order valence-electron chi connectivity index (χ1n) is 9.92. The van der Waals surface area contributed by atoms with E-state index in [1.807, 2.05) is 11.8 Å². The first-order chi connectivity index (χ1) is 14.4. The van der Waals surface area contributed by atoms with Crippen molar-refractivity contribution in [2.45, 2.75) is 19.4 Å². The molecule has 0 spiro atoms. The molecule has 0 bridgehead atoms. The fraction of sp³-hybridized carbons (Fsp3) is 0.500. The Labute approximate surface area is 180 Å². The lowest BCUT2D eigenvalue weighted by Gasteiger charge is -2.37. The number of halogens is 1. The summed E-state index contributed by atoms with van der Waals surface area (Å²) in [6.45, 7) is 5.08. The van der Waals surface area contributed by atoms with E-state index in [1.165, 1.54) is 4.90 Å². The number of nitrogens with one attached hydrogen (secondary N) is 2. The van der Waals surface area contributed by atoms with Crippen molar-refractivity contribution in [2.75, 3.05) is 51.1 Å². The maximum absolute atomic E-state index is 12.9. The van der Waals surface area contributed by atoms with Crippen LogP contribution >= 0.6 is 11.6 Å². The minimum atomic E-state index is -0.858. The van der Waals surface area contributed by atoms with E-state index in [1.54, 1.807) is 23.1 Å². The standard InChI is InChI=1S/C20H26ClN5O4/c1-14-2-3-15(10-16(14)21)23-18(28)11-17-20(30)22-4-5-26(17)19(29)12-24-6-8-25(13-27)9-7-24/h2-3,10,13,17H,4-9,11-12H2,1H3,(H,22,30)(H,23,28). The smallest absolute Gasteiger partial charge is 0.243 e. The zero-order valence-corrected chi connectivity index (χ0v) is 17.7. The minimum absolute atomic E-state index is 0.137. The van der Waals surface area contributed by atoms with Gasteiger partial charge in [0.25, 0.3) is 0 Å². The molecule has 0 saturated carbocycles. The molecular weight excluding hydrogens is 410 g/mol. The highest BCUT2D eigenvalue weighted by molar-refractivity contribution is 6.31. The van der Waals surface area contributed by atoms with E-state index in [0.29, 0.717) is 50.0 Å². The molecule has 1 unspecified atom stereocenters. The normalized spacial score (nSPS) is 19.9. The third kappa shape index (κ3) is 5.48. The highest BCUT2D eigenvalue weighted by Crippen LogP contribution is 2.20. The monoisotopic (exact) mass is 435 g/mol. The molecule has 162 valence electrons. The molecule has 1 atom stereocenters. The van der Waals surface area contributed by atoms with Crippen LogP contribution in [0.2, 0.25) is 5.02 Å². The van der Waals surface area contributed by atoms with Crippen molar-refractivity contribution in [3.63, 3.8) is 0 Å². The molecule has 2 N–H and O–H groups in total. The summed E-state index contributed by atoms with van der Waals surface area (Å²) >= 11 is 6.09. The summed E-state index contributed by atoms with van der Waals surface area (Å²) in [6.07, 6.45) is 0.673. The number of hydrogen-bond acceptors (Lipinski definition) is 5. The summed E-state index contributed by atoms with van der Waals surface area (Å²) in [5.74, 6) is -0.896. The average molecular weight is 436 g/mol. The molecule has 2 aliphatic heterocycles. The molecular formula is C20H26ClN5O4. The van der Waals surface area contributed by atoms with Gasteiger partial charge in [-0.3, -0.25) is 24.1 Å². The van der Waals surface area contributed by atoms with Crippen molar-refractivity contribution in [3.8, 4) is 0 Å². The van der Waals surface area contributed by atoms with Gasteiger partial charge in [0.2, 0.25) is 24.1 Å². The number of benzene rings is 1. The Morgan fingerprint density at radius 2 is 1.97 bits per heavy atom. The highest BCUT2D eigenvalue weighted by atomic mass is 35.5. The van der Waals surface area contributed by atoms with Crippen LogP contribution in [0.15, 0.2) is 18.2 Å². The SMILES string of the molecule is Cc1ccc(NC(=O)CC2C(=O)NCCN2C(=O)CN2CCN(C=O)CC2)cc1Cl. The minimum Gasteiger partial charge on any atom is -0.353 e. The van der Waals surface area contributed by atoms with Gasteiger partial charge >= 0.3 is 0 Å². The fourth-order valence-corrected chi connectivity index (χ4v) is 3.76. The van der Waals surface area contributed by atoms with Gasteiger partial charge in [0.05, 0.1) is 13.0 Å². The molecule has 3 rings (SSSR count). The van der Waals surface area contributed by atoms with Gasteiger partial charge in [-0.25, -0.2) is 0 Å². The average Bonchev–Trinajstić information content (AvgIpc) is 2.72. The first-order valence-corrected chi connectivity index (χ1v) is 10.3. The van der Waals surface area contributed by atoms with Crippen molar-refractivity contribution in [3.05, 3.63) is 28.8 Å². The second-order valence-electron chi connectivity index (χ2n) is 7.53. The number of carbonyl (C=O) groups excluding carboxylic acids is 4. The van der Waals surface area contributed by atoms with Crippen molar-refractivity contribution >= 4 is 41.4 Å². The van der Waals surface area contributed by atoms with Crippen molar-refractivity contribution < 1.29 is 19.2 Å². The van der Waals surface area contributed by atoms with Crippen LogP contribution in [0.5, 0.6) is 0 Å². The number of piperazine rings is 2. The van der Waals surface area contributed by atoms with E-state index in [9.17, 15) is 19.2 Å². The Kier molecular flexibility index (Phi) is 7.28. The zero-order chi connectivity index (χ0) is 21.7. The molecule has 0 radical (unpaired) electrons. The van der Waals surface area contributed by atoms with Gasteiger partial charge in [-0.2, -0.15) is 0 Å². The molecule has 0 aliphatic carbocycles. The van der Waals surface area contributed by atoms with E-state index >= 15 is 0 Å². The number of carbonyl (C=O) groups is 4. The van der Waals surface area contributed by atoms with Crippen LogP contribution in [0.1, 0.15) is 12.0 Å². The van der Waals surface area contributed by atoms with Crippen molar-refractivity contribution in [1.29, 1.82) is 0 Å². The second kappa shape index (κ2) is 9.90. The van der Waals surface area contributed by atoms with Gasteiger partial charge in [0.15, 0.2) is 0 Å². The van der Waals surface area contributed by atoms with Crippen molar-refractivity contribution in [1.82, 2.24) is 20.0 Å². The second-order valence-corrected chi connectivity index (χ2v) is 7.93. The Hall–Kier alpha value is -2.65. The van der Waals surface area contributed by atoms with E-state index < -0.39 is 6.04 Å². The number of hydrogen-bond donors (Lipinski definition) is 2. The fourth-order valence-electron chi connectivity index (χ4n) is 3.58. The van der Waals surface area contributed by atoms with E-state index in [-0.39, 0.29) is 30.7 Å². The Morgan fingerprint density at radius 3 is 2.63 bits per heavy atom. The maximum atomic E-state index is 12.9. The number of anilines is 1. The largest absolute Gasteiger partial charge is 0.353 e. The predicted octanol–water partition coefficient (Wildman–Crippen LogP) is 0.0780. The lowest BCUT2D eigenvalue weighted by Crippen LogP contribution is -2.60. The van der Waals surface area contributed by atoms with Crippen LogP contribution in [0.4, 0.5) is 5.69 Å². The predicted molar refractivity (Wildman–Crippen MR) is 112 cm³/mol. The molecule has 1 aromatic rings. The van der Waals surface area contributed by atoms with Gasteiger partial charge in [-0.15, -0.1) is 0 Å². The zero-order valence-electron chi connectivity index (χ0n) is 16.9. The lowest BCUT2D eigenvalue weighted by atomic mass is 10.1. The molecule has 2 aliphatic rings.